The average molecular weight is 404 g/mol. The van der Waals surface area contributed by atoms with Crippen molar-refractivity contribution in [3.63, 3.8) is 0 Å². The Hall–Kier alpha value is -2.52. The number of carbonyl (C=O) groups is 3. The zero-order valence-electron chi connectivity index (χ0n) is 15.3. The number of nitrogens with zero attached hydrogens (tertiary/aromatic N) is 1. The molecule has 0 bridgehead atoms. The monoisotopic (exact) mass is 404 g/mol. The van der Waals surface area contributed by atoms with Crippen LogP contribution in [0.3, 0.4) is 0 Å². The highest BCUT2D eigenvalue weighted by molar-refractivity contribution is 7.80. The van der Waals surface area contributed by atoms with Crippen molar-refractivity contribution in [3.05, 3.63) is 36.0 Å². The first-order chi connectivity index (χ1) is 13.4. The van der Waals surface area contributed by atoms with Crippen LogP contribution >= 0.6 is 12.6 Å². The van der Waals surface area contributed by atoms with Gasteiger partial charge in [-0.25, -0.2) is 4.79 Å². The second-order valence-corrected chi connectivity index (χ2v) is 7.31. The standard InChI is InChI=1S/C19H24N4O4S/c20-13(10-28)18(25)23-7-3-6-16(23)17(24)22-15(19(26)27)8-11-9-21-14-5-2-1-4-12(11)14/h1-2,4-5,9,13,15-16,21,28H,3,6-8,10,20H2,(H,22,24)(H,26,27). The number of aliphatic carboxylic acids is 1. The van der Waals surface area contributed by atoms with Crippen LogP contribution in [0.4, 0.5) is 0 Å². The molecule has 2 heterocycles. The number of nitrogens with one attached hydrogen (secondary N) is 2. The summed E-state index contributed by atoms with van der Waals surface area (Å²) >= 11 is 4.04. The predicted molar refractivity (Wildman–Crippen MR) is 108 cm³/mol. The molecule has 2 aromatic rings. The minimum absolute atomic E-state index is 0.141. The molecule has 5 N–H and O–H groups in total. The summed E-state index contributed by atoms with van der Waals surface area (Å²) in [5.74, 6) is -1.75. The Morgan fingerprint density at radius 2 is 2.11 bits per heavy atom. The zero-order chi connectivity index (χ0) is 20.3. The third kappa shape index (κ3) is 4.15. The molecule has 0 radical (unpaired) electrons. The number of carboxylic acid groups (broad SMARTS) is 1. The van der Waals surface area contributed by atoms with Gasteiger partial charge in [-0.2, -0.15) is 12.6 Å². The molecule has 150 valence electrons. The minimum Gasteiger partial charge on any atom is -0.480 e. The molecule has 0 aliphatic carbocycles. The number of carboxylic acids is 1. The predicted octanol–water partition coefficient (Wildman–Crippen LogP) is 0.528. The lowest BCUT2D eigenvalue weighted by atomic mass is 10.0. The number of hydrogen-bond donors (Lipinski definition) is 5. The summed E-state index contributed by atoms with van der Waals surface area (Å²) in [5.41, 5.74) is 7.46. The average Bonchev–Trinajstić information content (AvgIpc) is 3.33. The lowest BCUT2D eigenvalue weighted by Gasteiger charge is -2.27. The van der Waals surface area contributed by atoms with Crippen LogP contribution in [0.1, 0.15) is 18.4 Å². The summed E-state index contributed by atoms with van der Waals surface area (Å²) in [6.45, 7) is 0.429. The zero-order valence-corrected chi connectivity index (χ0v) is 16.2. The Labute approximate surface area is 167 Å². The second-order valence-electron chi connectivity index (χ2n) is 6.94. The van der Waals surface area contributed by atoms with Gasteiger partial charge in [-0.05, 0) is 24.5 Å². The van der Waals surface area contributed by atoms with Gasteiger partial charge in [0.15, 0.2) is 0 Å². The lowest BCUT2D eigenvalue weighted by Crippen LogP contribution is -2.54. The van der Waals surface area contributed by atoms with Crippen LogP contribution in [-0.2, 0) is 20.8 Å². The molecule has 0 saturated carbocycles. The van der Waals surface area contributed by atoms with Gasteiger partial charge in [0, 0.05) is 35.8 Å². The minimum atomic E-state index is -1.12. The number of nitrogens with two attached hydrogens (primary N) is 1. The number of thiol groups is 1. The SMILES string of the molecule is NC(CS)C(=O)N1CCCC1C(=O)NC(Cc1c[nH]c2ccccc12)C(=O)O. The number of amides is 2. The number of para-hydroxylation sites is 1. The van der Waals surface area contributed by atoms with E-state index in [4.69, 9.17) is 5.73 Å². The lowest BCUT2D eigenvalue weighted by molar-refractivity contribution is -0.144. The summed E-state index contributed by atoms with van der Waals surface area (Å²) in [7, 11) is 0. The van der Waals surface area contributed by atoms with Crippen molar-refractivity contribution < 1.29 is 19.5 Å². The van der Waals surface area contributed by atoms with E-state index in [-0.39, 0.29) is 18.1 Å². The van der Waals surface area contributed by atoms with E-state index in [1.807, 2.05) is 24.3 Å². The second kappa shape index (κ2) is 8.66. The number of rotatable bonds is 7. The maximum absolute atomic E-state index is 12.7. The smallest absolute Gasteiger partial charge is 0.326 e. The third-order valence-electron chi connectivity index (χ3n) is 5.07. The van der Waals surface area contributed by atoms with E-state index >= 15 is 0 Å². The topological polar surface area (TPSA) is 129 Å². The number of hydrogen-bond acceptors (Lipinski definition) is 5. The fourth-order valence-electron chi connectivity index (χ4n) is 3.58. The first-order valence-corrected chi connectivity index (χ1v) is 9.80. The molecule has 1 aromatic carbocycles. The number of aromatic nitrogens is 1. The van der Waals surface area contributed by atoms with E-state index in [1.165, 1.54) is 4.90 Å². The molecule has 3 rings (SSSR count). The molecule has 3 atom stereocenters. The van der Waals surface area contributed by atoms with E-state index < -0.39 is 30.0 Å². The maximum atomic E-state index is 12.7. The molecule has 1 fully saturated rings. The van der Waals surface area contributed by atoms with Crippen LogP contribution in [0.5, 0.6) is 0 Å². The molecule has 0 spiro atoms. The van der Waals surface area contributed by atoms with Crippen molar-refractivity contribution in [3.8, 4) is 0 Å². The van der Waals surface area contributed by atoms with E-state index in [9.17, 15) is 19.5 Å². The van der Waals surface area contributed by atoms with Gasteiger partial charge in [-0.15, -0.1) is 0 Å². The van der Waals surface area contributed by atoms with Gasteiger partial charge < -0.3 is 26.0 Å². The molecule has 1 aliphatic heterocycles. The van der Waals surface area contributed by atoms with Crippen molar-refractivity contribution in [2.75, 3.05) is 12.3 Å². The van der Waals surface area contributed by atoms with Gasteiger partial charge in [0.1, 0.15) is 12.1 Å². The molecule has 9 heteroatoms. The summed E-state index contributed by atoms with van der Waals surface area (Å²) in [6, 6.07) is 4.99. The Kier molecular flexibility index (Phi) is 6.25. The van der Waals surface area contributed by atoms with Crippen molar-refractivity contribution in [1.82, 2.24) is 15.2 Å². The van der Waals surface area contributed by atoms with Gasteiger partial charge in [0.05, 0.1) is 6.04 Å². The van der Waals surface area contributed by atoms with E-state index in [2.05, 4.69) is 22.9 Å². The molecule has 1 aromatic heterocycles. The van der Waals surface area contributed by atoms with E-state index in [1.54, 1.807) is 6.20 Å². The highest BCUT2D eigenvalue weighted by Crippen LogP contribution is 2.21. The fraction of sp³-hybridized carbons (Fsp3) is 0.421. The number of carbonyl (C=O) groups excluding carboxylic acids is 2. The fourth-order valence-corrected chi connectivity index (χ4v) is 3.74. The highest BCUT2D eigenvalue weighted by atomic mass is 32.1. The summed E-state index contributed by atoms with van der Waals surface area (Å²) in [6.07, 6.45) is 3.05. The molecule has 2 amide bonds. The number of aromatic amines is 1. The summed E-state index contributed by atoms with van der Waals surface area (Å²) in [4.78, 5) is 41.4. The summed E-state index contributed by atoms with van der Waals surface area (Å²) < 4.78 is 0. The molecule has 8 nitrogen and oxygen atoms in total. The van der Waals surface area contributed by atoms with Crippen molar-refractivity contribution in [2.45, 2.75) is 37.4 Å². The number of benzene rings is 1. The number of H-pyrrole nitrogens is 1. The first-order valence-electron chi connectivity index (χ1n) is 9.17. The van der Waals surface area contributed by atoms with E-state index in [0.717, 1.165) is 16.5 Å². The maximum Gasteiger partial charge on any atom is 0.326 e. The first kappa shape index (κ1) is 20.2. The molecule has 28 heavy (non-hydrogen) atoms. The van der Waals surface area contributed by atoms with Gasteiger partial charge in [0.2, 0.25) is 11.8 Å². The summed E-state index contributed by atoms with van der Waals surface area (Å²) in [5, 5.41) is 13.1. The molecule has 3 unspecified atom stereocenters. The van der Waals surface area contributed by atoms with Crippen LogP contribution < -0.4 is 11.1 Å². The van der Waals surface area contributed by atoms with Crippen molar-refractivity contribution in [1.29, 1.82) is 0 Å². The highest BCUT2D eigenvalue weighted by Gasteiger charge is 2.37. The Balaban J connectivity index is 1.72. The molecule has 1 aliphatic rings. The Bertz CT molecular complexity index is 884. The van der Waals surface area contributed by atoms with Crippen LogP contribution in [0.15, 0.2) is 30.5 Å². The number of likely N-dealkylation sites (tertiary alicyclic amines) is 1. The van der Waals surface area contributed by atoms with Crippen molar-refractivity contribution >= 4 is 41.3 Å². The molecule has 1 saturated heterocycles. The Morgan fingerprint density at radius 3 is 2.82 bits per heavy atom. The molecular weight excluding hydrogens is 380 g/mol. The molecular formula is C19H24N4O4S. The Morgan fingerprint density at radius 1 is 1.36 bits per heavy atom. The van der Waals surface area contributed by atoms with Crippen molar-refractivity contribution in [2.24, 2.45) is 5.73 Å². The van der Waals surface area contributed by atoms with Gasteiger partial charge >= 0.3 is 5.97 Å². The van der Waals surface area contributed by atoms with Crippen LogP contribution in [-0.4, -0.2) is 63.2 Å². The van der Waals surface area contributed by atoms with Crippen LogP contribution in [0.25, 0.3) is 10.9 Å². The third-order valence-corrected chi connectivity index (χ3v) is 5.46. The van der Waals surface area contributed by atoms with Gasteiger partial charge in [0.25, 0.3) is 0 Å². The number of fused-ring (bicyclic) bond motifs is 1. The van der Waals surface area contributed by atoms with Crippen LogP contribution in [0.2, 0.25) is 0 Å². The normalized spacial score (nSPS) is 18.8. The van der Waals surface area contributed by atoms with E-state index in [0.29, 0.717) is 19.4 Å². The largest absolute Gasteiger partial charge is 0.480 e. The van der Waals surface area contributed by atoms with Crippen LogP contribution in [0, 0.1) is 0 Å². The van der Waals surface area contributed by atoms with Gasteiger partial charge in [-0.3, -0.25) is 9.59 Å². The van der Waals surface area contributed by atoms with Gasteiger partial charge in [-0.1, -0.05) is 18.2 Å². The quantitative estimate of drug-likeness (QED) is 0.430.